The summed E-state index contributed by atoms with van der Waals surface area (Å²) in [5.74, 6) is -1.18. The number of carboxylic acids is 1. The highest BCUT2D eigenvalue weighted by Gasteiger charge is 2.34. The normalized spacial score (nSPS) is 20.2. The molecule has 0 aliphatic carbocycles. The van der Waals surface area contributed by atoms with Crippen LogP contribution in [0.5, 0.6) is 0 Å². The molecule has 8 nitrogen and oxygen atoms in total. The van der Waals surface area contributed by atoms with E-state index in [1.165, 1.54) is 28.6 Å². The molecular weight excluding hydrogens is 372 g/mol. The van der Waals surface area contributed by atoms with E-state index in [2.05, 4.69) is 0 Å². The van der Waals surface area contributed by atoms with Gasteiger partial charge in [-0.05, 0) is 43.5 Å². The number of hydrogen-bond acceptors (Lipinski definition) is 5. The first-order valence-corrected chi connectivity index (χ1v) is 10.5. The van der Waals surface area contributed by atoms with Crippen LogP contribution in [0.25, 0.3) is 0 Å². The standard InChI is InChI=1S/C18H24N2O6S/c21-17(19-8-1-12-26-13-11-19)14-6-9-20(10-7-14)27(24,25)16-4-2-15(3-5-16)18(22)23/h2-5,14H,1,6-13H2,(H,22,23). The highest BCUT2D eigenvalue weighted by atomic mass is 32.2. The molecule has 2 fully saturated rings. The van der Waals surface area contributed by atoms with Crippen molar-refractivity contribution in [2.45, 2.75) is 24.2 Å². The molecule has 2 aliphatic heterocycles. The fourth-order valence-corrected chi connectivity index (χ4v) is 4.96. The lowest BCUT2D eigenvalue weighted by atomic mass is 9.96. The Morgan fingerprint density at radius 3 is 2.30 bits per heavy atom. The van der Waals surface area contributed by atoms with Crippen molar-refractivity contribution in [3.8, 4) is 0 Å². The van der Waals surface area contributed by atoms with Crippen LogP contribution in [0.4, 0.5) is 0 Å². The van der Waals surface area contributed by atoms with Gasteiger partial charge in [-0.2, -0.15) is 4.31 Å². The summed E-state index contributed by atoms with van der Waals surface area (Å²) in [6.07, 6.45) is 1.80. The number of ether oxygens (including phenoxy) is 1. The van der Waals surface area contributed by atoms with Crippen LogP contribution in [0.2, 0.25) is 0 Å². The van der Waals surface area contributed by atoms with Gasteiger partial charge in [-0.15, -0.1) is 0 Å². The van der Waals surface area contributed by atoms with Crippen molar-refractivity contribution in [2.24, 2.45) is 5.92 Å². The van der Waals surface area contributed by atoms with Gasteiger partial charge in [0.05, 0.1) is 17.1 Å². The summed E-state index contributed by atoms with van der Waals surface area (Å²) in [7, 11) is -3.69. The van der Waals surface area contributed by atoms with Crippen LogP contribution in [0.1, 0.15) is 29.6 Å². The Kier molecular flexibility index (Phi) is 6.13. The lowest BCUT2D eigenvalue weighted by Crippen LogP contribution is -2.45. The van der Waals surface area contributed by atoms with Gasteiger partial charge in [0, 0.05) is 38.7 Å². The highest BCUT2D eigenvalue weighted by Crippen LogP contribution is 2.25. The van der Waals surface area contributed by atoms with Crippen LogP contribution in [0.3, 0.4) is 0 Å². The number of piperidine rings is 1. The molecule has 9 heteroatoms. The Balaban J connectivity index is 1.62. The second-order valence-corrected chi connectivity index (χ2v) is 8.74. The number of sulfonamides is 1. The quantitative estimate of drug-likeness (QED) is 0.815. The van der Waals surface area contributed by atoms with Gasteiger partial charge >= 0.3 is 5.97 Å². The van der Waals surface area contributed by atoms with Crippen molar-refractivity contribution in [1.82, 2.24) is 9.21 Å². The van der Waals surface area contributed by atoms with E-state index in [1.54, 1.807) is 0 Å². The number of hydrogen-bond donors (Lipinski definition) is 1. The van der Waals surface area contributed by atoms with Crippen LogP contribution in [-0.2, 0) is 19.6 Å². The fraction of sp³-hybridized carbons (Fsp3) is 0.556. The summed E-state index contributed by atoms with van der Waals surface area (Å²) in [5.41, 5.74) is 0.0414. The molecule has 0 aromatic heterocycles. The molecule has 2 aliphatic rings. The van der Waals surface area contributed by atoms with E-state index in [1.807, 2.05) is 4.90 Å². The lowest BCUT2D eigenvalue weighted by Gasteiger charge is -2.33. The van der Waals surface area contributed by atoms with Crippen LogP contribution in [-0.4, -0.2) is 74.0 Å². The summed E-state index contributed by atoms with van der Waals surface area (Å²) >= 11 is 0. The zero-order valence-electron chi connectivity index (χ0n) is 15.0. The maximum absolute atomic E-state index is 12.8. The van der Waals surface area contributed by atoms with Crippen molar-refractivity contribution in [1.29, 1.82) is 0 Å². The number of carbonyl (C=O) groups is 2. The zero-order chi connectivity index (χ0) is 19.4. The molecule has 0 bridgehead atoms. The molecule has 1 aromatic rings. The van der Waals surface area contributed by atoms with E-state index in [4.69, 9.17) is 9.84 Å². The Labute approximate surface area is 158 Å². The van der Waals surface area contributed by atoms with Gasteiger partial charge in [-0.3, -0.25) is 4.79 Å². The third kappa shape index (κ3) is 4.48. The van der Waals surface area contributed by atoms with Gasteiger partial charge in [-0.1, -0.05) is 0 Å². The summed E-state index contributed by atoms with van der Waals surface area (Å²) in [6, 6.07) is 5.19. The number of amides is 1. The van der Waals surface area contributed by atoms with Gasteiger partial charge in [0.25, 0.3) is 0 Å². The summed E-state index contributed by atoms with van der Waals surface area (Å²) < 4.78 is 32.3. The fourth-order valence-electron chi connectivity index (χ4n) is 3.49. The Morgan fingerprint density at radius 2 is 1.67 bits per heavy atom. The molecule has 0 atom stereocenters. The maximum Gasteiger partial charge on any atom is 0.335 e. The molecule has 0 radical (unpaired) electrons. The Bertz CT molecular complexity index is 777. The average Bonchev–Trinajstić information content (AvgIpc) is 2.97. The molecule has 2 saturated heterocycles. The van der Waals surface area contributed by atoms with Gasteiger partial charge in [0.15, 0.2) is 0 Å². The molecular formula is C18H24N2O6S. The Hall–Kier alpha value is -1.97. The van der Waals surface area contributed by atoms with Crippen molar-refractivity contribution >= 4 is 21.9 Å². The second kappa shape index (κ2) is 8.37. The topological polar surface area (TPSA) is 104 Å². The molecule has 2 heterocycles. The third-order valence-corrected chi connectivity index (χ3v) is 6.99. The van der Waals surface area contributed by atoms with Crippen LogP contribution >= 0.6 is 0 Å². The van der Waals surface area contributed by atoms with Crippen LogP contribution in [0, 0.1) is 5.92 Å². The van der Waals surface area contributed by atoms with E-state index in [0.717, 1.165) is 6.42 Å². The number of benzene rings is 1. The van der Waals surface area contributed by atoms with Gasteiger partial charge in [-0.25, -0.2) is 13.2 Å². The number of nitrogens with zero attached hydrogens (tertiary/aromatic N) is 2. The maximum atomic E-state index is 12.8. The van der Waals surface area contributed by atoms with E-state index in [-0.39, 0.29) is 35.4 Å². The molecule has 148 valence electrons. The van der Waals surface area contributed by atoms with Crippen molar-refractivity contribution < 1.29 is 27.9 Å². The predicted molar refractivity (Wildman–Crippen MR) is 96.9 cm³/mol. The first-order chi connectivity index (χ1) is 12.9. The van der Waals surface area contributed by atoms with Crippen LogP contribution < -0.4 is 0 Å². The van der Waals surface area contributed by atoms with Crippen LogP contribution in [0.15, 0.2) is 29.2 Å². The zero-order valence-corrected chi connectivity index (χ0v) is 15.9. The number of aromatic carboxylic acids is 1. The summed E-state index contributed by atoms with van der Waals surface area (Å²) in [5, 5.41) is 8.93. The molecule has 1 aromatic carbocycles. The Morgan fingerprint density at radius 1 is 1.00 bits per heavy atom. The van der Waals surface area contributed by atoms with Gasteiger partial charge in [0.1, 0.15) is 0 Å². The van der Waals surface area contributed by atoms with Crippen molar-refractivity contribution in [3.63, 3.8) is 0 Å². The predicted octanol–water partition coefficient (Wildman–Crippen LogP) is 1.03. The average molecular weight is 396 g/mol. The van der Waals surface area contributed by atoms with Gasteiger partial charge in [0.2, 0.25) is 15.9 Å². The minimum absolute atomic E-state index is 0.0414. The molecule has 1 N–H and O–H groups in total. The molecule has 1 amide bonds. The smallest absolute Gasteiger partial charge is 0.335 e. The SMILES string of the molecule is O=C(O)c1ccc(S(=O)(=O)N2CCC(C(=O)N3CCCOCC3)CC2)cc1. The van der Waals surface area contributed by atoms with E-state index >= 15 is 0 Å². The van der Waals surface area contributed by atoms with Crippen molar-refractivity contribution in [2.75, 3.05) is 39.4 Å². The first kappa shape index (κ1) is 19.8. The van der Waals surface area contributed by atoms with Gasteiger partial charge < -0.3 is 14.7 Å². The lowest BCUT2D eigenvalue weighted by molar-refractivity contribution is -0.136. The van der Waals surface area contributed by atoms with Crippen molar-refractivity contribution in [3.05, 3.63) is 29.8 Å². The molecule has 27 heavy (non-hydrogen) atoms. The minimum Gasteiger partial charge on any atom is -0.478 e. The van der Waals surface area contributed by atoms with E-state index in [0.29, 0.717) is 39.1 Å². The summed E-state index contributed by atoms with van der Waals surface area (Å²) in [6.45, 7) is 3.06. The number of rotatable bonds is 4. The first-order valence-electron chi connectivity index (χ1n) is 9.09. The summed E-state index contributed by atoms with van der Waals surface area (Å²) in [4.78, 5) is 25.5. The largest absolute Gasteiger partial charge is 0.478 e. The minimum atomic E-state index is -3.69. The van der Waals surface area contributed by atoms with E-state index in [9.17, 15) is 18.0 Å². The molecule has 0 spiro atoms. The molecule has 3 rings (SSSR count). The monoisotopic (exact) mass is 396 g/mol. The highest BCUT2D eigenvalue weighted by molar-refractivity contribution is 7.89. The van der Waals surface area contributed by atoms with E-state index < -0.39 is 16.0 Å². The number of carbonyl (C=O) groups excluding carboxylic acids is 1. The molecule has 0 saturated carbocycles. The third-order valence-electron chi connectivity index (χ3n) is 5.08. The number of carboxylic acid groups (broad SMARTS) is 1. The second-order valence-electron chi connectivity index (χ2n) is 6.80. The molecule has 0 unspecified atom stereocenters.